The van der Waals surface area contributed by atoms with Crippen molar-refractivity contribution >= 4 is 17.9 Å². The van der Waals surface area contributed by atoms with Crippen molar-refractivity contribution in [1.82, 2.24) is 9.55 Å². The minimum absolute atomic E-state index is 0.521. The second kappa shape index (κ2) is 3.64. The summed E-state index contributed by atoms with van der Waals surface area (Å²) in [5.41, 5.74) is 1.39. The van der Waals surface area contributed by atoms with E-state index in [1.54, 1.807) is 23.0 Å². The van der Waals surface area contributed by atoms with Crippen molar-refractivity contribution in [1.29, 1.82) is 0 Å². The number of halogens is 1. The zero-order valence-electron chi connectivity index (χ0n) is 7.22. The summed E-state index contributed by atoms with van der Waals surface area (Å²) in [4.78, 5) is 14.5. The van der Waals surface area contributed by atoms with E-state index in [1.807, 2.05) is 12.1 Å². The van der Waals surface area contributed by atoms with Crippen LogP contribution in [0.1, 0.15) is 10.5 Å². The number of benzene rings is 1. The van der Waals surface area contributed by atoms with Crippen LogP contribution in [0.5, 0.6) is 0 Å². The summed E-state index contributed by atoms with van der Waals surface area (Å²) in [7, 11) is 0. The first-order valence-electron chi connectivity index (χ1n) is 4.05. The zero-order chi connectivity index (χ0) is 9.97. The summed E-state index contributed by atoms with van der Waals surface area (Å²) in [5, 5.41) is 0.668. The van der Waals surface area contributed by atoms with E-state index >= 15 is 0 Å². The molecule has 1 aromatic heterocycles. The normalized spacial score (nSPS) is 10.1. The molecule has 4 heteroatoms. The molecule has 2 aromatic rings. The lowest BCUT2D eigenvalue weighted by molar-refractivity contribution is 0.111. The van der Waals surface area contributed by atoms with Crippen molar-refractivity contribution in [3.8, 4) is 5.69 Å². The van der Waals surface area contributed by atoms with E-state index in [4.69, 9.17) is 11.6 Å². The molecule has 0 fully saturated rings. The van der Waals surface area contributed by atoms with Gasteiger partial charge in [-0.3, -0.25) is 9.36 Å². The molecule has 1 heterocycles. The number of rotatable bonds is 2. The highest BCUT2D eigenvalue weighted by Gasteiger charge is 2.01. The molecule has 0 amide bonds. The average Bonchev–Trinajstić information content (AvgIpc) is 2.67. The van der Waals surface area contributed by atoms with Gasteiger partial charge in [-0.05, 0) is 24.3 Å². The van der Waals surface area contributed by atoms with Gasteiger partial charge in [0.15, 0.2) is 6.29 Å². The molecule has 0 spiro atoms. The Bertz CT molecular complexity index is 447. The molecule has 0 aliphatic rings. The van der Waals surface area contributed by atoms with Crippen molar-refractivity contribution in [2.45, 2.75) is 0 Å². The Morgan fingerprint density at radius 1 is 1.29 bits per heavy atom. The van der Waals surface area contributed by atoms with Crippen LogP contribution in [0.3, 0.4) is 0 Å². The maximum absolute atomic E-state index is 10.6. The van der Waals surface area contributed by atoms with E-state index in [9.17, 15) is 4.79 Å². The maximum Gasteiger partial charge on any atom is 0.168 e. The van der Waals surface area contributed by atoms with Gasteiger partial charge in [0, 0.05) is 10.7 Å². The maximum atomic E-state index is 10.6. The lowest BCUT2D eigenvalue weighted by Crippen LogP contribution is -1.96. The Hall–Kier alpha value is -1.61. The molecule has 0 atom stereocenters. The second-order valence-corrected chi connectivity index (χ2v) is 3.22. The molecule has 0 N–H and O–H groups in total. The Kier molecular flexibility index (Phi) is 2.33. The monoisotopic (exact) mass is 206 g/mol. The Labute approximate surface area is 86.0 Å². The molecule has 2 rings (SSSR count). The van der Waals surface area contributed by atoms with E-state index < -0.39 is 0 Å². The van der Waals surface area contributed by atoms with Gasteiger partial charge in [-0.15, -0.1) is 0 Å². The van der Waals surface area contributed by atoms with E-state index in [0.29, 0.717) is 10.7 Å². The lowest BCUT2D eigenvalue weighted by Gasteiger charge is -2.03. The van der Waals surface area contributed by atoms with Crippen LogP contribution in [-0.4, -0.2) is 15.8 Å². The van der Waals surface area contributed by atoms with Crippen molar-refractivity contribution in [2.24, 2.45) is 0 Å². The minimum atomic E-state index is 0.521. The highest BCUT2D eigenvalue weighted by atomic mass is 35.5. The number of carbonyl (C=O) groups is 1. The number of imidazole rings is 1. The topological polar surface area (TPSA) is 34.9 Å². The van der Waals surface area contributed by atoms with Gasteiger partial charge in [0.2, 0.25) is 0 Å². The number of hydrogen-bond acceptors (Lipinski definition) is 2. The van der Waals surface area contributed by atoms with E-state index in [0.717, 1.165) is 12.0 Å². The van der Waals surface area contributed by atoms with Gasteiger partial charge in [-0.25, -0.2) is 4.98 Å². The average molecular weight is 207 g/mol. The van der Waals surface area contributed by atoms with Gasteiger partial charge < -0.3 is 0 Å². The summed E-state index contributed by atoms with van der Waals surface area (Å²) in [6.07, 6.45) is 3.87. The fourth-order valence-corrected chi connectivity index (χ4v) is 1.34. The summed E-state index contributed by atoms with van der Waals surface area (Å²) in [6, 6.07) is 7.20. The van der Waals surface area contributed by atoms with Crippen molar-refractivity contribution in [3.63, 3.8) is 0 Å². The highest BCUT2D eigenvalue weighted by Crippen LogP contribution is 2.14. The largest absolute Gasteiger partial charge is 0.296 e. The smallest absolute Gasteiger partial charge is 0.168 e. The van der Waals surface area contributed by atoms with Crippen LogP contribution in [0, 0.1) is 0 Å². The van der Waals surface area contributed by atoms with Gasteiger partial charge >= 0.3 is 0 Å². The van der Waals surface area contributed by atoms with Crippen molar-refractivity contribution in [2.75, 3.05) is 0 Å². The van der Waals surface area contributed by atoms with Crippen molar-refractivity contribution < 1.29 is 4.79 Å². The predicted molar refractivity (Wildman–Crippen MR) is 54.0 cm³/mol. The lowest BCUT2D eigenvalue weighted by atomic mass is 10.3. The molecule has 0 bridgehead atoms. The third-order valence-corrected chi connectivity index (χ3v) is 2.14. The van der Waals surface area contributed by atoms with Gasteiger partial charge in [-0.1, -0.05) is 11.6 Å². The molecule has 1 aromatic carbocycles. The predicted octanol–water partition coefficient (Wildman–Crippen LogP) is 2.34. The van der Waals surface area contributed by atoms with Crippen LogP contribution >= 0.6 is 11.6 Å². The summed E-state index contributed by atoms with van der Waals surface area (Å²) < 4.78 is 1.70. The first-order chi connectivity index (χ1) is 6.81. The summed E-state index contributed by atoms with van der Waals surface area (Å²) >= 11 is 5.75. The molecule has 70 valence electrons. The third-order valence-electron chi connectivity index (χ3n) is 1.89. The molecule has 0 saturated carbocycles. The Morgan fingerprint density at radius 3 is 2.64 bits per heavy atom. The molecular weight excluding hydrogens is 200 g/mol. The molecular formula is C10H7ClN2O. The summed E-state index contributed by atoms with van der Waals surface area (Å²) in [6.45, 7) is 0. The van der Waals surface area contributed by atoms with Crippen LogP contribution in [0.2, 0.25) is 5.02 Å². The summed E-state index contributed by atoms with van der Waals surface area (Å²) in [5.74, 6) is 0. The van der Waals surface area contributed by atoms with Crippen LogP contribution in [-0.2, 0) is 0 Å². The fourth-order valence-electron chi connectivity index (χ4n) is 1.21. The van der Waals surface area contributed by atoms with Gasteiger partial charge in [0.1, 0.15) is 5.69 Å². The number of carbonyl (C=O) groups excluding carboxylic acids is 1. The first-order valence-corrected chi connectivity index (χ1v) is 4.42. The van der Waals surface area contributed by atoms with Crippen LogP contribution in [0.4, 0.5) is 0 Å². The minimum Gasteiger partial charge on any atom is -0.296 e. The van der Waals surface area contributed by atoms with Gasteiger partial charge in [0.25, 0.3) is 0 Å². The van der Waals surface area contributed by atoms with E-state index in [1.165, 1.54) is 6.20 Å². The Balaban J connectivity index is 2.49. The molecule has 14 heavy (non-hydrogen) atoms. The number of hydrogen-bond donors (Lipinski definition) is 0. The van der Waals surface area contributed by atoms with Gasteiger partial charge in [-0.2, -0.15) is 0 Å². The highest BCUT2D eigenvalue weighted by molar-refractivity contribution is 6.30. The van der Waals surface area contributed by atoms with E-state index in [-0.39, 0.29) is 0 Å². The second-order valence-electron chi connectivity index (χ2n) is 2.78. The molecule has 3 nitrogen and oxygen atoms in total. The first kappa shape index (κ1) is 8.97. The SMILES string of the molecule is O=Cc1cncn1-c1ccc(Cl)cc1. The van der Waals surface area contributed by atoms with Crippen LogP contribution < -0.4 is 0 Å². The third kappa shape index (κ3) is 1.54. The van der Waals surface area contributed by atoms with Crippen molar-refractivity contribution in [3.05, 3.63) is 47.5 Å². The standard InChI is InChI=1S/C10H7ClN2O/c11-8-1-3-9(4-2-8)13-7-12-5-10(13)6-14/h1-7H. The number of nitrogens with zero attached hydrogens (tertiary/aromatic N) is 2. The zero-order valence-corrected chi connectivity index (χ0v) is 7.98. The van der Waals surface area contributed by atoms with Crippen LogP contribution in [0.15, 0.2) is 36.8 Å². The quantitative estimate of drug-likeness (QED) is 0.707. The fraction of sp³-hybridized carbons (Fsp3) is 0. The molecule has 0 saturated heterocycles. The van der Waals surface area contributed by atoms with Gasteiger partial charge in [0.05, 0.1) is 12.5 Å². The molecule has 0 aliphatic carbocycles. The number of aromatic nitrogens is 2. The molecule has 0 radical (unpaired) electrons. The molecule has 0 unspecified atom stereocenters. The number of aldehydes is 1. The molecule has 0 aliphatic heterocycles. The Morgan fingerprint density at radius 2 is 2.00 bits per heavy atom. The van der Waals surface area contributed by atoms with E-state index in [2.05, 4.69) is 4.98 Å². The van der Waals surface area contributed by atoms with Crippen LogP contribution in [0.25, 0.3) is 5.69 Å².